The van der Waals surface area contributed by atoms with E-state index < -0.39 is 5.60 Å². The van der Waals surface area contributed by atoms with Gasteiger partial charge in [-0.3, -0.25) is 0 Å². The first kappa shape index (κ1) is 14.0. The van der Waals surface area contributed by atoms with Crippen molar-refractivity contribution in [1.82, 2.24) is 0 Å². The molecular weight excluding hydrogens is 294 g/mol. The Labute approximate surface area is 116 Å². The Hall–Kier alpha value is -0.420. The van der Waals surface area contributed by atoms with E-state index in [4.69, 9.17) is 10.5 Å². The van der Waals surface area contributed by atoms with E-state index in [1.165, 1.54) is 0 Å². The maximum Gasteiger partial charge on any atom is 0.0949 e. The van der Waals surface area contributed by atoms with Gasteiger partial charge >= 0.3 is 0 Å². The molecule has 0 radical (unpaired) electrons. The lowest BCUT2D eigenvalue weighted by atomic mass is 9.65. The largest absolute Gasteiger partial charge is 0.385 e. The fourth-order valence-electron chi connectivity index (χ4n) is 2.79. The molecule has 1 heterocycles. The van der Waals surface area contributed by atoms with Crippen molar-refractivity contribution in [2.24, 2.45) is 11.1 Å². The third kappa shape index (κ3) is 2.23. The topological polar surface area (TPSA) is 55.5 Å². The van der Waals surface area contributed by atoms with Gasteiger partial charge in [-0.2, -0.15) is 0 Å². The number of hydrogen-bond donors (Lipinski definition) is 2. The molecular formula is C14H20BrNO2. The second-order valence-electron chi connectivity index (χ2n) is 5.15. The monoisotopic (exact) mass is 313 g/mol. The lowest BCUT2D eigenvalue weighted by Gasteiger charge is -2.47. The molecule has 0 aliphatic carbocycles. The van der Waals surface area contributed by atoms with Gasteiger partial charge in [-0.15, -0.1) is 0 Å². The molecule has 1 aliphatic rings. The first-order valence-electron chi connectivity index (χ1n) is 6.29. The summed E-state index contributed by atoms with van der Waals surface area (Å²) in [5.74, 6) is 0. The van der Waals surface area contributed by atoms with Gasteiger partial charge < -0.3 is 15.6 Å². The standard InChI is InChI=1S/C14H20BrNO2/c1-13(17,11-4-2-3-5-12(11)15)14(10-16)6-8-18-9-7-14/h2-5,17H,6-10,16H2,1H3. The van der Waals surface area contributed by atoms with Gasteiger partial charge in [0.05, 0.1) is 5.60 Å². The molecule has 0 amide bonds. The number of rotatable bonds is 3. The molecule has 100 valence electrons. The molecule has 1 aromatic rings. The minimum atomic E-state index is -0.953. The van der Waals surface area contributed by atoms with Crippen molar-refractivity contribution in [3.63, 3.8) is 0 Å². The van der Waals surface area contributed by atoms with E-state index in [9.17, 15) is 5.11 Å². The van der Waals surface area contributed by atoms with Gasteiger partial charge in [0.25, 0.3) is 0 Å². The van der Waals surface area contributed by atoms with Gasteiger partial charge in [-0.05, 0) is 31.4 Å². The molecule has 1 aliphatic heterocycles. The number of hydrogen-bond acceptors (Lipinski definition) is 3. The van der Waals surface area contributed by atoms with E-state index in [0.29, 0.717) is 19.8 Å². The Morgan fingerprint density at radius 2 is 2.00 bits per heavy atom. The van der Waals surface area contributed by atoms with Crippen LogP contribution in [-0.4, -0.2) is 24.9 Å². The third-order valence-electron chi connectivity index (χ3n) is 4.27. The van der Waals surface area contributed by atoms with Crippen LogP contribution in [0.15, 0.2) is 28.7 Å². The zero-order chi connectivity index (χ0) is 13.2. The van der Waals surface area contributed by atoms with E-state index in [1.807, 2.05) is 31.2 Å². The molecule has 1 aromatic carbocycles. The summed E-state index contributed by atoms with van der Waals surface area (Å²) in [6.07, 6.45) is 1.58. The van der Waals surface area contributed by atoms with Gasteiger partial charge in [0.2, 0.25) is 0 Å². The Morgan fingerprint density at radius 1 is 1.39 bits per heavy atom. The lowest BCUT2D eigenvalue weighted by molar-refractivity contribution is -0.124. The molecule has 2 rings (SSSR count). The molecule has 1 fully saturated rings. The quantitative estimate of drug-likeness (QED) is 0.901. The lowest BCUT2D eigenvalue weighted by Crippen LogP contribution is -2.51. The molecule has 1 atom stereocenters. The van der Waals surface area contributed by atoms with Crippen molar-refractivity contribution in [1.29, 1.82) is 0 Å². The zero-order valence-corrected chi connectivity index (χ0v) is 12.2. The Bertz CT molecular complexity index is 414. The molecule has 3 nitrogen and oxygen atoms in total. The van der Waals surface area contributed by atoms with Crippen LogP contribution in [0.2, 0.25) is 0 Å². The highest BCUT2D eigenvalue weighted by atomic mass is 79.9. The van der Waals surface area contributed by atoms with Crippen molar-refractivity contribution in [2.75, 3.05) is 19.8 Å². The minimum Gasteiger partial charge on any atom is -0.385 e. The third-order valence-corrected chi connectivity index (χ3v) is 4.96. The molecule has 0 saturated carbocycles. The van der Waals surface area contributed by atoms with E-state index in [0.717, 1.165) is 22.9 Å². The SMILES string of the molecule is CC(O)(c1ccccc1Br)C1(CN)CCOCC1. The molecule has 0 aromatic heterocycles. The number of aliphatic hydroxyl groups is 1. The molecule has 0 spiro atoms. The summed E-state index contributed by atoms with van der Waals surface area (Å²) in [4.78, 5) is 0. The molecule has 1 saturated heterocycles. The predicted molar refractivity (Wildman–Crippen MR) is 75.3 cm³/mol. The average Bonchev–Trinajstić information content (AvgIpc) is 2.39. The zero-order valence-electron chi connectivity index (χ0n) is 10.7. The number of halogens is 1. The summed E-state index contributed by atoms with van der Waals surface area (Å²) in [6.45, 7) is 3.66. The molecule has 3 N–H and O–H groups in total. The van der Waals surface area contributed by atoms with Crippen molar-refractivity contribution >= 4 is 15.9 Å². The van der Waals surface area contributed by atoms with Gasteiger partial charge in [0, 0.05) is 29.6 Å². The second-order valence-corrected chi connectivity index (χ2v) is 6.00. The highest BCUT2D eigenvalue weighted by Crippen LogP contribution is 2.47. The highest BCUT2D eigenvalue weighted by Gasteiger charge is 2.48. The first-order valence-corrected chi connectivity index (χ1v) is 7.08. The molecule has 1 unspecified atom stereocenters. The molecule has 18 heavy (non-hydrogen) atoms. The van der Waals surface area contributed by atoms with E-state index in [-0.39, 0.29) is 5.41 Å². The van der Waals surface area contributed by atoms with Crippen LogP contribution in [0.5, 0.6) is 0 Å². The smallest absolute Gasteiger partial charge is 0.0949 e. The second kappa shape index (κ2) is 5.29. The molecule has 0 bridgehead atoms. The van der Waals surface area contributed by atoms with Crippen molar-refractivity contribution in [2.45, 2.75) is 25.4 Å². The Morgan fingerprint density at radius 3 is 2.56 bits per heavy atom. The van der Waals surface area contributed by atoms with Gasteiger partial charge in [0.15, 0.2) is 0 Å². The predicted octanol–water partition coefficient (Wildman–Crippen LogP) is 2.41. The fraction of sp³-hybridized carbons (Fsp3) is 0.571. The van der Waals surface area contributed by atoms with Gasteiger partial charge in [-0.25, -0.2) is 0 Å². The van der Waals surface area contributed by atoms with Crippen LogP contribution in [0, 0.1) is 5.41 Å². The maximum atomic E-state index is 11.1. The van der Waals surface area contributed by atoms with Crippen LogP contribution in [0.4, 0.5) is 0 Å². The summed E-state index contributed by atoms with van der Waals surface area (Å²) < 4.78 is 6.33. The molecule has 4 heteroatoms. The Balaban J connectivity index is 2.42. The normalized spacial score (nSPS) is 22.4. The van der Waals surface area contributed by atoms with Crippen LogP contribution in [0.1, 0.15) is 25.3 Å². The number of ether oxygens (including phenoxy) is 1. The van der Waals surface area contributed by atoms with Crippen LogP contribution >= 0.6 is 15.9 Å². The van der Waals surface area contributed by atoms with E-state index in [2.05, 4.69) is 15.9 Å². The summed E-state index contributed by atoms with van der Waals surface area (Å²) in [7, 11) is 0. The number of benzene rings is 1. The van der Waals surface area contributed by atoms with E-state index >= 15 is 0 Å². The summed E-state index contributed by atoms with van der Waals surface area (Å²) in [5, 5.41) is 11.1. The highest BCUT2D eigenvalue weighted by molar-refractivity contribution is 9.10. The van der Waals surface area contributed by atoms with Crippen LogP contribution in [0.25, 0.3) is 0 Å². The van der Waals surface area contributed by atoms with Crippen LogP contribution in [-0.2, 0) is 10.3 Å². The van der Waals surface area contributed by atoms with Crippen LogP contribution in [0.3, 0.4) is 0 Å². The van der Waals surface area contributed by atoms with Crippen molar-refractivity contribution in [3.8, 4) is 0 Å². The van der Waals surface area contributed by atoms with Crippen molar-refractivity contribution in [3.05, 3.63) is 34.3 Å². The maximum absolute atomic E-state index is 11.1. The minimum absolute atomic E-state index is 0.310. The number of nitrogens with two attached hydrogens (primary N) is 1. The fourth-order valence-corrected chi connectivity index (χ4v) is 3.46. The summed E-state index contributed by atoms with van der Waals surface area (Å²) in [5.41, 5.74) is 5.62. The summed E-state index contributed by atoms with van der Waals surface area (Å²) >= 11 is 3.52. The van der Waals surface area contributed by atoms with Gasteiger partial charge in [-0.1, -0.05) is 34.1 Å². The summed E-state index contributed by atoms with van der Waals surface area (Å²) in [6, 6.07) is 7.80. The van der Waals surface area contributed by atoms with Crippen molar-refractivity contribution < 1.29 is 9.84 Å². The average molecular weight is 314 g/mol. The van der Waals surface area contributed by atoms with E-state index in [1.54, 1.807) is 0 Å². The van der Waals surface area contributed by atoms with Crippen LogP contribution < -0.4 is 5.73 Å². The first-order chi connectivity index (χ1) is 8.53. The van der Waals surface area contributed by atoms with Gasteiger partial charge in [0.1, 0.15) is 0 Å². The Kier molecular flexibility index (Phi) is 4.11.